The van der Waals surface area contributed by atoms with Gasteiger partial charge in [-0.15, -0.1) is 0 Å². The molecule has 0 aliphatic rings. The third-order valence-corrected chi connectivity index (χ3v) is 0. The van der Waals surface area contributed by atoms with Gasteiger partial charge >= 0.3 is 58.2 Å². The molecular formula is C2H6NRb. The van der Waals surface area contributed by atoms with Crippen LogP contribution in [0.15, 0.2) is 0 Å². The van der Waals surface area contributed by atoms with Crippen molar-refractivity contribution in [3.63, 3.8) is 0 Å². The average molecular weight is 130 g/mol. The fourth-order valence-electron chi connectivity index (χ4n) is 0. The van der Waals surface area contributed by atoms with E-state index >= 15 is 0 Å². The quantitative estimate of drug-likeness (QED) is 0.364. The van der Waals surface area contributed by atoms with E-state index < -0.39 is 0 Å². The van der Waals surface area contributed by atoms with E-state index in [0.717, 1.165) is 0 Å². The van der Waals surface area contributed by atoms with Gasteiger partial charge in [0.05, 0.1) is 0 Å². The maximum absolute atomic E-state index is 6.21. The molecule has 0 aliphatic heterocycles. The molecule has 0 aromatic rings. The molecule has 0 radical (unpaired) electrons. The molecule has 0 unspecified atom stereocenters. The van der Waals surface area contributed by atoms with Crippen LogP contribution in [0.3, 0.4) is 0 Å². The Morgan fingerprint density at radius 2 is 1.75 bits per heavy atom. The summed E-state index contributed by atoms with van der Waals surface area (Å²) in [6.07, 6.45) is 0. The SMILES string of the molecule is CC[NH-].[Rb+]. The van der Waals surface area contributed by atoms with Gasteiger partial charge < -0.3 is 5.73 Å². The minimum absolute atomic E-state index is 0. The van der Waals surface area contributed by atoms with Gasteiger partial charge in [0.25, 0.3) is 0 Å². The molecule has 0 rings (SSSR count). The van der Waals surface area contributed by atoms with Crippen LogP contribution >= 0.6 is 0 Å². The van der Waals surface area contributed by atoms with Crippen LogP contribution in [0.25, 0.3) is 5.73 Å². The molecule has 0 saturated carbocycles. The van der Waals surface area contributed by atoms with Gasteiger partial charge in [0.1, 0.15) is 0 Å². The summed E-state index contributed by atoms with van der Waals surface area (Å²) in [7, 11) is 0. The van der Waals surface area contributed by atoms with E-state index in [0.29, 0.717) is 6.54 Å². The Morgan fingerprint density at radius 3 is 1.75 bits per heavy atom. The Kier molecular flexibility index (Phi) is 20.4. The summed E-state index contributed by atoms with van der Waals surface area (Å²) in [4.78, 5) is 0. The van der Waals surface area contributed by atoms with E-state index in [1.807, 2.05) is 0 Å². The maximum atomic E-state index is 6.21. The Bertz CT molecular complexity index is 6.00. The van der Waals surface area contributed by atoms with E-state index in [1.54, 1.807) is 6.92 Å². The third kappa shape index (κ3) is 9.24. The summed E-state index contributed by atoms with van der Waals surface area (Å²) in [6, 6.07) is 0. The Morgan fingerprint density at radius 1 is 1.75 bits per heavy atom. The first-order valence-electron chi connectivity index (χ1n) is 1.06. The summed E-state index contributed by atoms with van der Waals surface area (Å²) < 4.78 is 0. The summed E-state index contributed by atoms with van der Waals surface area (Å²) in [5, 5.41) is 0. The van der Waals surface area contributed by atoms with Gasteiger partial charge in [0.15, 0.2) is 0 Å². The predicted octanol–water partition coefficient (Wildman–Crippen LogP) is -1.94. The predicted molar refractivity (Wildman–Crippen MR) is 14.9 cm³/mol. The van der Waals surface area contributed by atoms with Gasteiger partial charge in [-0.05, 0) is 0 Å². The first-order chi connectivity index (χ1) is 1.41. The molecule has 1 N–H and O–H groups in total. The zero-order valence-electron chi connectivity index (χ0n) is 3.21. The van der Waals surface area contributed by atoms with Crippen molar-refractivity contribution in [2.24, 2.45) is 0 Å². The van der Waals surface area contributed by atoms with Crippen molar-refractivity contribution in [2.75, 3.05) is 6.54 Å². The van der Waals surface area contributed by atoms with E-state index in [-0.39, 0.29) is 58.2 Å². The molecule has 0 heterocycles. The van der Waals surface area contributed by atoms with Gasteiger partial charge in [0, 0.05) is 0 Å². The smallest absolute Gasteiger partial charge is 0.678 e. The zero-order valence-corrected chi connectivity index (χ0v) is 8.12. The molecule has 0 spiro atoms. The molecule has 4 heavy (non-hydrogen) atoms. The molecule has 0 bridgehead atoms. The maximum Gasteiger partial charge on any atom is 1.00 e. The van der Waals surface area contributed by atoms with Gasteiger partial charge in [-0.3, -0.25) is 0 Å². The number of hydrogen-bond acceptors (Lipinski definition) is 0. The van der Waals surface area contributed by atoms with Crippen LogP contribution in [-0.4, -0.2) is 6.54 Å². The van der Waals surface area contributed by atoms with E-state index in [4.69, 9.17) is 5.73 Å². The zero-order chi connectivity index (χ0) is 2.71. The van der Waals surface area contributed by atoms with Crippen molar-refractivity contribution in [1.82, 2.24) is 0 Å². The number of rotatable bonds is 0. The second-order valence-electron chi connectivity index (χ2n) is 0.354. The van der Waals surface area contributed by atoms with E-state index in [2.05, 4.69) is 0 Å². The molecule has 0 atom stereocenters. The molecule has 0 saturated heterocycles. The molecule has 0 fully saturated rings. The first kappa shape index (κ1) is 9.23. The van der Waals surface area contributed by atoms with E-state index in [9.17, 15) is 0 Å². The van der Waals surface area contributed by atoms with Crippen molar-refractivity contribution in [2.45, 2.75) is 6.92 Å². The minimum Gasteiger partial charge on any atom is -0.678 e. The topological polar surface area (TPSA) is 23.8 Å². The molecule has 0 aromatic carbocycles. The first-order valence-corrected chi connectivity index (χ1v) is 1.06. The molecule has 1 nitrogen and oxygen atoms in total. The molecule has 2 heteroatoms. The van der Waals surface area contributed by atoms with Crippen LogP contribution in [0.1, 0.15) is 6.92 Å². The molecule has 0 amide bonds. The minimum atomic E-state index is 0. The summed E-state index contributed by atoms with van der Waals surface area (Å²) >= 11 is 0. The van der Waals surface area contributed by atoms with Gasteiger partial charge in [-0.2, -0.15) is 6.54 Å². The molecule has 0 aromatic heterocycles. The molecule has 0 aliphatic carbocycles. The Labute approximate surface area is 75.7 Å². The van der Waals surface area contributed by atoms with Gasteiger partial charge in [-0.25, -0.2) is 0 Å². The fourth-order valence-corrected chi connectivity index (χ4v) is 0. The van der Waals surface area contributed by atoms with Gasteiger partial charge in [-0.1, -0.05) is 6.92 Å². The van der Waals surface area contributed by atoms with E-state index in [1.165, 1.54) is 0 Å². The summed E-state index contributed by atoms with van der Waals surface area (Å²) in [5.41, 5.74) is 6.21. The van der Waals surface area contributed by atoms with Crippen molar-refractivity contribution < 1.29 is 58.2 Å². The van der Waals surface area contributed by atoms with Crippen molar-refractivity contribution in [3.8, 4) is 0 Å². The molecule has 20 valence electrons. The van der Waals surface area contributed by atoms with Crippen molar-refractivity contribution >= 4 is 0 Å². The Balaban J connectivity index is 0. The van der Waals surface area contributed by atoms with Gasteiger partial charge in [0.2, 0.25) is 0 Å². The van der Waals surface area contributed by atoms with Crippen LogP contribution in [0.4, 0.5) is 0 Å². The summed E-state index contributed by atoms with van der Waals surface area (Å²) in [6.45, 7) is 2.29. The normalized spacial score (nSPS) is 4.50. The number of nitrogens with one attached hydrogen (secondary N) is 1. The monoisotopic (exact) mass is 129 g/mol. The van der Waals surface area contributed by atoms with Crippen LogP contribution in [0, 0.1) is 0 Å². The molecular weight excluding hydrogens is 123 g/mol. The average Bonchev–Trinajstić information content (AvgIpc) is 0.918. The van der Waals surface area contributed by atoms with Crippen molar-refractivity contribution in [1.29, 1.82) is 0 Å². The van der Waals surface area contributed by atoms with Crippen LogP contribution < -0.4 is 58.2 Å². The number of hydrogen-bond donors (Lipinski definition) is 0. The van der Waals surface area contributed by atoms with Crippen molar-refractivity contribution in [3.05, 3.63) is 5.73 Å². The second kappa shape index (κ2) is 8.83. The summed E-state index contributed by atoms with van der Waals surface area (Å²) in [5.74, 6) is 0. The van der Waals surface area contributed by atoms with Crippen LogP contribution in [-0.2, 0) is 0 Å². The second-order valence-corrected chi connectivity index (χ2v) is 0.354. The fraction of sp³-hybridized carbons (Fsp3) is 1.00. The van der Waals surface area contributed by atoms with Crippen LogP contribution in [0.5, 0.6) is 0 Å². The Hall–Kier alpha value is 1.77. The standard InChI is InChI=1S/C2H6N.Rb/c1-2-3;/h3H,2H2,1H3;/q-1;+1. The van der Waals surface area contributed by atoms with Crippen LogP contribution in [0.2, 0.25) is 0 Å². The largest absolute Gasteiger partial charge is 1.00 e. The third-order valence-electron chi connectivity index (χ3n) is 0.